The summed E-state index contributed by atoms with van der Waals surface area (Å²) in [6, 6.07) is 5.43. The predicted octanol–water partition coefficient (Wildman–Crippen LogP) is 1.75. The number of hydrogen-bond acceptors (Lipinski definition) is 4. The Morgan fingerprint density at radius 1 is 1.26 bits per heavy atom. The van der Waals surface area contributed by atoms with Crippen LogP contribution >= 0.6 is 0 Å². The molecule has 5 nitrogen and oxygen atoms in total. The number of hydrogen-bond donors (Lipinski definition) is 2. The predicted molar refractivity (Wildman–Crippen MR) is 74.1 cm³/mol. The number of ether oxygens (including phenoxy) is 2. The number of benzene rings is 1. The fourth-order valence-corrected chi connectivity index (χ4v) is 1.95. The van der Waals surface area contributed by atoms with Gasteiger partial charge in [-0.05, 0) is 31.0 Å². The number of carbonyl (C=O) groups is 1. The van der Waals surface area contributed by atoms with Gasteiger partial charge >= 0.3 is 0 Å². The van der Waals surface area contributed by atoms with Crippen molar-refractivity contribution in [2.45, 2.75) is 31.7 Å². The Morgan fingerprint density at radius 3 is 2.58 bits per heavy atom. The number of nitrogens with two attached hydrogens (primary N) is 2. The van der Waals surface area contributed by atoms with Gasteiger partial charge < -0.3 is 20.9 Å². The van der Waals surface area contributed by atoms with Gasteiger partial charge in [0.05, 0.1) is 14.2 Å². The fourth-order valence-electron chi connectivity index (χ4n) is 1.95. The summed E-state index contributed by atoms with van der Waals surface area (Å²) in [5.41, 5.74) is 12.2. The SMILES string of the molecule is COc1ccc(OC)c(C(N)CCCCC(N)=O)c1. The van der Waals surface area contributed by atoms with Crippen molar-refractivity contribution in [2.24, 2.45) is 11.5 Å². The molecule has 106 valence electrons. The summed E-state index contributed by atoms with van der Waals surface area (Å²) < 4.78 is 10.5. The molecule has 1 unspecified atom stereocenters. The Kier molecular flexibility index (Phi) is 6.15. The van der Waals surface area contributed by atoms with Crippen LogP contribution in [-0.2, 0) is 4.79 Å². The van der Waals surface area contributed by atoms with Crippen molar-refractivity contribution in [3.8, 4) is 11.5 Å². The second-order valence-electron chi connectivity index (χ2n) is 4.43. The number of amides is 1. The molecule has 1 aromatic carbocycles. The maximum absolute atomic E-state index is 10.7. The first-order valence-corrected chi connectivity index (χ1v) is 6.34. The van der Waals surface area contributed by atoms with Crippen molar-refractivity contribution in [3.63, 3.8) is 0 Å². The molecule has 4 N–H and O–H groups in total. The summed E-state index contributed by atoms with van der Waals surface area (Å²) >= 11 is 0. The molecule has 0 heterocycles. The summed E-state index contributed by atoms with van der Waals surface area (Å²) in [7, 11) is 3.23. The Morgan fingerprint density at radius 2 is 2.00 bits per heavy atom. The third-order valence-corrected chi connectivity index (χ3v) is 3.02. The highest BCUT2D eigenvalue weighted by molar-refractivity contribution is 5.73. The smallest absolute Gasteiger partial charge is 0.217 e. The second-order valence-corrected chi connectivity index (χ2v) is 4.43. The van der Waals surface area contributed by atoms with Gasteiger partial charge in [-0.25, -0.2) is 0 Å². The van der Waals surface area contributed by atoms with Crippen LogP contribution in [0.3, 0.4) is 0 Å². The Labute approximate surface area is 113 Å². The largest absolute Gasteiger partial charge is 0.497 e. The highest BCUT2D eigenvalue weighted by Crippen LogP contribution is 2.30. The first-order chi connectivity index (χ1) is 9.08. The van der Waals surface area contributed by atoms with Gasteiger partial charge in [0.15, 0.2) is 0 Å². The van der Waals surface area contributed by atoms with E-state index in [4.69, 9.17) is 20.9 Å². The van der Waals surface area contributed by atoms with E-state index in [2.05, 4.69) is 0 Å². The van der Waals surface area contributed by atoms with Crippen LogP contribution in [0.4, 0.5) is 0 Å². The van der Waals surface area contributed by atoms with E-state index in [1.807, 2.05) is 18.2 Å². The quantitative estimate of drug-likeness (QED) is 0.702. The van der Waals surface area contributed by atoms with E-state index < -0.39 is 0 Å². The molecule has 0 aliphatic rings. The van der Waals surface area contributed by atoms with Crippen molar-refractivity contribution >= 4 is 5.91 Å². The zero-order valence-electron chi connectivity index (χ0n) is 11.5. The summed E-state index contributed by atoms with van der Waals surface area (Å²) in [5.74, 6) is 1.24. The van der Waals surface area contributed by atoms with Gasteiger partial charge in [0.1, 0.15) is 11.5 Å². The van der Waals surface area contributed by atoms with E-state index >= 15 is 0 Å². The molecule has 1 amide bonds. The average molecular weight is 266 g/mol. The number of carbonyl (C=O) groups excluding carboxylic acids is 1. The molecule has 0 aliphatic heterocycles. The van der Waals surface area contributed by atoms with Crippen LogP contribution in [0.25, 0.3) is 0 Å². The normalized spacial score (nSPS) is 11.9. The minimum atomic E-state index is -0.271. The number of methoxy groups -OCH3 is 2. The van der Waals surface area contributed by atoms with Gasteiger partial charge in [-0.3, -0.25) is 4.79 Å². The highest BCUT2D eigenvalue weighted by Gasteiger charge is 2.13. The molecular weight excluding hydrogens is 244 g/mol. The van der Waals surface area contributed by atoms with E-state index in [0.717, 1.165) is 36.3 Å². The molecule has 0 fully saturated rings. The molecule has 0 saturated carbocycles. The topological polar surface area (TPSA) is 87.6 Å². The molecule has 19 heavy (non-hydrogen) atoms. The Bertz CT molecular complexity index is 421. The Hall–Kier alpha value is -1.75. The van der Waals surface area contributed by atoms with Crippen LogP contribution in [0.2, 0.25) is 0 Å². The third kappa shape index (κ3) is 4.79. The molecule has 1 aromatic rings. The van der Waals surface area contributed by atoms with E-state index in [1.165, 1.54) is 0 Å². The van der Waals surface area contributed by atoms with E-state index in [-0.39, 0.29) is 11.9 Å². The van der Waals surface area contributed by atoms with Crippen LogP contribution in [0, 0.1) is 0 Å². The van der Waals surface area contributed by atoms with Crippen LogP contribution in [-0.4, -0.2) is 20.1 Å². The van der Waals surface area contributed by atoms with Crippen molar-refractivity contribution in [2.75, 3.05) is 14.2 Å². The van der Waals surface area contributed by atoms with Gasteiger partial charge in [-0.15, -0.1) is 0 Å². The summed E-state index contributed by atoms with van der Waals surface area (Å²) in [4.78, 5) is 10.7. The zero-order chi connectivity index (χ0) is 14.3. The van der Waals surface area contributed by atoms with Gasteiger partial charge in [0.2, 0.25) is 5.91 Å². The summed E-state index contributed by atoms with van der Waals surface area (Å²) in [6.07, 6.45) is 2.79. The van der Waals surface area contributed by atoms with E-state index in [9.17, 15) is 4.79 Å². The van der Waals surface area contributed by atoms with Gasteiger partial charge in [-0.1, -0.05) is 6.42 Å². The zero-order valence-corrected chi connectivity index (χ0v) is 11.5. The fraction of sp³-hybridized carbons (Fsp3) is 0.500. The standard InChI is InChI=1S/C14H22N2O3/c1-18-10-7-8-13(19-2)11(9-10)12(15)5-3-4-6-14(16)17/h7-9,12H,3-6,15H2,1-2H3,(H2,16,17). The first kappa shape index (κ1) is 15.3. The van der Waals surface area contributed by atoms with Gasteiger partial charge in [0.25, 0.3) is 0 Å². The lowest BCUT2D eigenvalue weighted by Crippen LogP contribution is -2.13. The van der Waals surface area contributed by atoms with E-state index in [1.54, 1.807) is 14.2 Å². The number of unbranched alkanes of at least 4 members (excludes halogenated alkanes) is 1. The van der Waals surface area contributed by atoms with Crippen LogP contribution < -0.4 is 20.9 Å². The molecular formula is C14H22N2O3. The third-order valence-electron chi connectivity index (χ3n) is 3.02. The summed E-state index contributed by atoms with van der Waals surface area (Å²) in [5, 5.41) is 0. The molecule has 0 spiro atoms. The average Bonchev–Trinajstić information content (AvgIpc) is 2.42. The highest BCUT2D eigenvalue weighted by atomic mass is 16.5. The molecule has 0 radical (unpaired) electrons. The van der Waals surface area contributed by atoms with Crippen molar-refractivity contribution < 1.29 is 14.3 Å². The second kappa shape index (κ2) is 7.63. The molecule has 0 aliphatic carbocycles. The maximum Gasteiger partial charge on any atom is 0.217 e. The molecule has 0 aromatic heterocycles. The maximum atomic E-state index is 10.7. The minimum absolute atomic E-state index is 0.141. The Balaban J connectivity index is 2.63. The molecule has 5 heteroatoms. The monoisotopic (exact) mass is 266 g/mol. The number of primary amides is 1. The molecule has 1 rings (SSSR count). The first-order valence-electron chi connectivity index (χ1n) is 6.34. The van der Waals surface area contributed by atoms with Crippen molar-refractivity contribution in [1.29, 1.82) is 0 Å². The lowest BCUT2D eigenvalue weighted by atomic mass is 10.00. The molecule has 1 atom stereocenters. The van der Waals surface area contributed by atoms with Crippen molar-refractivity contribution in [3.05, 3.63) is 23.8 Å². The van der Waals surface area contributed by atoms with Crippen LogP contribution in [0.5, 0.6) is 11.5 Å². The van der Waals surface area contributed by atoms with Crippen LogP contribution in [0.15, 0.2) is 18.2 Å². The summed E-state index contributed by atoms with van der Waals surface area (Å²) in [6.45, 7) is 0. The number of rotatable bonds is 8. The molecule has 0 saturated heterocycles. The van der Waals surface area contributed by atoms with Gasteiger partial charge in [0, 0.05) is 18.0 Å². The van der Waals surface area contributed by atoms with E-state index in [0.29, 0.717) is 6.42 Å². The molecule has 0 bridgehead atoms. The van der Waals surface area contributed by atoms with Crippen molar-refractivity contribution in [1.82, 2.24) is 0 Å². The van der Waals surface area contributed by atoms with Crippen LogP contribution in [0.1, 0.15) is 37.3 Å². The lowest BCUT2D eigenvalue weighted by Gasteiger charge is -2.16. The van der Waals surface area contributed by atoms with Gasteiger partial charge in [-0.2, -0.15) is 0 Å². The minimum Gasteiger partial charge on any atom is -0.497 e. The lowest BCUT2D eigenvalue weighted by molar-refractivity contribution is -0.118.